The van der Waals surface area contributed by atoms with Gasteiger partial charge in [-0.25, -0.2) is 9.97 Å². The van der Waals surface area contributed by atoms with Crippen molar-refractivity contribution in [2.24, 2.45) is 0 Å². The number of hydrogen-bond donors (Lipinski definition) is 1. The summed E-state index contributed by atoms with van der Waals surface area (Å²) in [4.78, 5) is 17.0. The van der Waals surface area contributed by atoms with E-state index in [1.165, 1.54) is 0 Å². The zero-order valence-corrected chi connectivity index (χ0v) is 17.1. The summed E-state index contributed by atoms with van der Waals surface area (Å²) < 4.78 is 19.6. The molecule has 9 heteroatoms. The van der Waals surface area contributed by atoms with Gasteiger partial charge in [0.1, 0.15) is 17.1 Å². The topological polar surface area (TPSA) is 115 Å². The fourth-order valence-corrected chi connectivity index (χ4v) is 4.17. The molecule has 1 atom stereocenters. The minimum absolute atomic E-state index is 0.406. The lowest BCUT2D eigenvalue weighted by Crippen LogP contribution is -2.11. The van der Waals surface area contributed by atoms with Crippen molar-refractivity contribution in [1.29, 1.82) is 0 Å². The molecular formula is C19H26N6O2S. The van der Waals surface area contributed by atoms with Gasteiger partial charge in [0.25, 0.3) is 0 Å². The lowest BCUT2D eigenvalue weighted by molar-refractivity contribution is 0.199. The first kappa shape index (κ1) is 20.5. The summed E-state index contributed by atoms with van der Waals surface area (Å²) in [6.45, 7) is 3.45. The van der Waals surface area contributed by atoms with Gasteiger partial charge in [0.05, 0.1) is 12.1 Å². The van der Waals surface area contributed by atoms with Crippen molar-refractivity contribution in [2.45, 2.75) is 44.3 Å². The maximum atomic E-state index is 12.2. The van der Waals surface area contributed by atoms with Crippen LogP contribution in [-0.2, 0) is 28.9 Å². The fourth-order valence-electron chi connectivity index (χ4n) is 3.17. The Balaban J connectivity index is 1.62. The van der Waals surface area contributed by atoms with Gasteiger partial charge in [-0.3, -0.25) is 0 Å². The van der Waals surface area contributed by atoms with E-state index < -0.39 is 11.2 Å². The minimum Gasteiger partial charge on any atom is -0.609 e. The normalized spacial score (nSPS) is 12.5. The third kappa shape index (κ3) is 4.78. The molecule has 0 aliphatic rings. The number of anilines is 1. The van der Waals surface area contributed by atoms with Gasteiger partial charge < -0.3 is 19.6 Å². The summed E-state index contributed by atoms with van der Waals surface area (Å²) in [5.41, 5.74) is 8.89. The van der Waals surface area contributed by atoms with Crippen LogP contribution < -0.4 is 5.73 Å². The molecule has 0 bridgehead atoms. The zero-order valence-electron chi connectivity index (χ0n) is 16.3. The average molecular weight is 403 g/mol. The van der Waals surface area contributed by atoms with E-state index in [1.54, 1.807) is 31.8 Å². The van der Waals surface area contributed by atoms with E-state index >= 15 is 0 Å². The smallest absolute Gasteiger partial charge is 0.342 e. The minimum atomic E-state index is -1.14. The van der Waals surface area contributed by atoms with Crippen molar-refractivity contribution in [1.82, 2.24) is 24.5 Å². The second kappa shape index (κ2) is 9.81. The summed E-state index contributed by atoms with van der Waals surface area (Å²) in [5.74, 6) is 1.98. The number of pyridine rings is 1. The Morgan fingerprint density at radius 2 is 1.96 bits per heavy atom. The van der Waals surface area contributed by atoms with Crippen LogP contribution in [0.3, 0.4) is 0 Å². The Kier molecular flexibility index (Phi) is 7.18. The van der Waals surface area contributed by atoms with Gasteiger partial charge in [-0.15, -0.1) is 0 Å². The van der Waals surface area contributed by atoms with E-state index in [0.29, 0.717) is 23.3 Å². The SMILES string of the molecule is COCCc1nc2c(N)ncc(C)c2n1CCCCC[S+]([O-])c1ncccn1. The second-order valence-corrected chi connectivity index (χ2v) is 8.05. The van der Waals surface area contributed by atoms with Crippen molar-refractivity contribution in [3.05, 3.63) is 36.0 Å². The highest BCUT2D eigenvalue weighted by Crippen LogP contribution is 2.24. The number of nitrogens with two attached hydrogens (primary N) is 1. The number of rotatable bonds is 10. The van der Waals surface area contributed by atoms with Crippen molar-refractivity contribution >= 4 is 28.0 Å². The monoisotopic (exact) mass is 402 g/mol. The van der Waals surface area contributed by atoms with Crippen molar-refractivity contribution in [2.75, 3.05) is 25.2 Å². The number of ether oxygens (including phenoxy) is 1. The number of nitrogen functional groups attached to an aromatic ring is 1. The molecule has 28 heavy (non-hydrogen) atoms. The third-order valence-electron chi connectivity index (χ3n) is 4.55. The van der Waals surface area contributed by atoms with E-state index in [0.717, 1.165) is 54.6 Å². The van der Waals surface area contributed by atoms with E-state index in [1.807, 2.05) is 6.92 Å². The molecule has 2 N–H and O–H groups in total. The molecule has 0 saturated carbocycles. The fraction of sp³-hybridized carbons (Fsp3) is 0.474. The number of imidazole rings is 1. The Morgan fingerprint density at radius 1 is 1.18 bits per heavy atom. The Morgan fingerprint density at radius 3 is 2.71 bits per heavy atom. The van der Waals surface area contributed by atoms with Crippen molar-refractivity contribution in [3.8, 4) is 0 Å². The molecule has 0 aliphatic heterocycles. The van der Waals surface area contributed by atoms with Gasteiger partial charge in [0.15, 0.2) is 5.82 Å². The number of nitrogens with zero attached hydrogens (tertiary/aromatic N) is 5. The Bertz CT molecular complexity index is 902. The number of aromatic nitrogens is 5. The molecule has 3 heterocycles. The molecule has 0 saturated heterocycles. The van der Waals surface area contributed by atoms with Gasteiger partial charge in [-0.05, 0) is 37.8 Å². The van der Waals surface area contributed by atoms with Crippen LogP contribution >= 0.6 is 0 Å². The molecule has 1 unspecified atom stereocenters. The van der Waals surface area contributed by atoms with Gasteiger partial charge in [0.2, 0.25) is 0 Å². The summed E-state index contributed by atoms with van der Waals surface area (Å²) in [5, 5.41) is 0.406. The molecule has 3 rings (SSSR count). The number of aryl methyl sites for hydroxylation is 2. The van der Waals surface area contributed by atoms with E-state index in [9.17, 15) is 4.55 Å². The number of hydrogen-bond acceptors (Lipinski definition) is 7. The maximum absolute atomic E-state index is 12.2. The van der Waals surface area contributed by atoms with E-state index in [4.69, 9.17) is 15.5 Å². The Labute approximate surface area is 167 Å². The van der Waals surface area contributed by atoms with Crippen LogP contribution in [0.15, 0.2) is 29.8 Å². The number of methoxy groups -OCH3 is 1. The first-order valence-electron chi connectivity index (χ1n) is 9.36. The standard InChI is InChI=1S/C19H26N6O2S/c1-14-13-23-18(20)16-17(14)25(15(24-16)7-11-27-2)10-4-3-5-12-28(26)19-21-8-6-9-22-19/h6,8-9,13H,3-5,7,10-12H2,1-2H3,(H2,20,23). The molecule has 0 spiro atoms. The number of fused-ring (bicyclic) bond motifs is 1. The van der Waals surface area contributed by atoms with Crippen molar-refractivity contribution in [3.63, 3.8) is 0 Å². The maximum Gasteiger partial charge on any atom is 0.342 e. The lowest BCUT2D eigenvalue weighted by atomic mass is 10.2. The highest BCUT2D eigenvalue weighted by atomic mass is 32.2. The van der Waals surface area contributed by atoms with Crippen LogP contribution in [0, 0.1) is 6.92 Å². The molecular weight excluding hydrogens is 376 g/mol. The predicted molar refractivity (Wildman–Crippen MR) is 109 cm³/mol. The summed E-state index contributed by atoms with van der Waals surface area (Å²) in [6.07, 6.45) is 8.52. The zero-order chi connectivity index (χ0) is 19.9. The molecule has 8 nitrogen and oxygen atoms in total. The quantitative estimate of drug-likeness (QED) is 0.314. The van der Waals surface area contributed by atoms with Crippen LogP contribution in [0.25, 0.3) is 11.0 Å². The predicted octanol–water partition coefficient (Wildman–Crippen LogP) is 2.28. The lowest BCUT2D eigenvalue weighted by Gasteiger charge is -2.11. The van der Waals surface area contributed by atoms with Gasteiger partial charge in [0, 0.05) is 49.8 Å². The summed E-state index contributed by atoms with van der Waals surface area (Å²) >= 11 is -1.14. The van der Waals surface area contributed by atoms with Crippen LogP contribution in [0.1, 0.15) is 30.7 Å². The summed E-state index contributed by atoms with van der Waals surface area (Å²) in [6, 6.07) is 1.72. The molecule has 3 aromatic rings. The van der Waals surface area contributed by atoms with Crippen LogP contribution in [0.5, 0.6) is 0 Å². The third-order valence-corrected chi connectivity index (χ3v) is 5.82. The van der Waals surface area contributed by atoms with E-state index in [-0.39, 0.29) is 0 Å². The average Bonchev–Trinajstić information content (AvgIpc) is 3.09. The van der Waals surface area contributed by atoms with Crippen LogP contribution in [0.4, 0.5) is 5.82 Å². The highest BCUT2D eigenvalue weighted by Gasteiger charge is 2.16. The van der Waals surface area contributed by atoms with Gasteiger partial charge in [-0.1, -0.05) is 0 Å². The summed E-state index contributed by atoms with van der Waals surface area (Å²) in [7, 11) is 1.69. The first-order valence-corrected chi connectivity index (χ1v) is 10.7. The second-order valence-electron chi connectivity index (χ2n) is 6.59. The van der Waals surface area contributed by atoms with Crippen LogP contribution in [-0.4, -0.2) is 48.5 Å². The molecule has 0 aliphatic carbocycles. The molecule has 3 aromatic heterocycles. The Hall–Kier alpha value is -2.23. The van der Waals surface area contributed by atoms with Crippen LogP contribution in [0.2, 0.25) is 0 Å². The highest BCUT2D eigenvalue weighted by molar-refractivity contribution is 7.91. The number of unbranched alkanes of at least 4 members (excludes halogenated alkanes) is 2. The molecule has 0 aromatic carbocycles. The molecule has 150 valence electrons. The van der Waals surface area contributed by atoms with E-state index in [2.05, 4.69) is 19.5 Å². The largest absolute Gasteiger partial charge is 0.609 e. The first-order chi connectivity index (χ1) is 13.6. The van der Waals surface area contributed by atoms with Gasteiger partial charge in [-0.2, -0.15) is 9.97 Å². The van der Waals surface area contributed by atoms with Crippen molar-refractivity contribution < 1.29 is 9.29 Å². The molecule has 0 radical (unpaired) electrons. The van der Waals surface area contributed by atoms with Gasteiger partial charge >= 0.3 is 5.16 Å². The molecule has 0 amide bonds. The molecule has 0 fully saturated rings.